The summed E-state index contributed by atoms with van der Waals surface area (Å²) in [5.41, 5.74) is 2.02. The number of piperidine rings is 1. The Hall–Kier alpha value is -2.24. The van der Waals surface area contributed by atoms with Crippen LogP contribution in [-0.4, -0.2) is 41.7 Å². The van der Waals surface area contributed by atoms with Crippen molar-refractivity contribution >= 4 is 12.0 Å². The van der Waals surface area contributed by atoms with Crippen molar-refractivity contribution in [1.29, 1.82) is 0 Å². The average Bonchev–Trinajstić information content (AvgIpc) is 2.54. The van der Waals surface area contributed by atoms with E-state index in [0.717, 1.165) is 23.3 Å². The molecule has 1 atom stereocenters. The van der Waals surface area contributed by atoms with Crippen LogP contribution in [0.1, 0.15) is 30.9 Å². The lowest BCUT2D eigenvalue weighted by Gasteiger charge is -2.30. The third-order valence-corrected chi connectivity index (χ3v) is 4.01. The van der Waals surface area contributed by atoms with Crippen LogP contribution in [0, 0.1) is 12.8 Å². The van der Waals surface area contributed by atoms with E-state index < -0.39 is 11.9 Å². The molecule has 0 saturated carbocycles. The molecule has 1 aliphatic rings. The second-order valence-corrected chi connectivity index (χ2v) is 5.83. The lowest BCUT2D eigenvalue weighted by atomic mass is 9.99. The largest absolute Gasteiger partial charge is 0.494 e. The molecule has 1 aromatic rings. The highest BCUT2D eigenvalue weighted by molar-refractivity contribution is 5.76. The number of urea groups is 1. The van der Waals surface area contributed by atoms with Gasteiger partial charge in [-0.25, -0.2) is 4.79 Å². The zero-order valence-electron chi connectivity index (χ0n) is 13.7. The van der Waals surface area contributed by atoms with Crippen LogP contribution in [-0.2, 0) is 11.3 Å². The molecule has 0 radical (unpaired) electrons. The number of aliphatic carboxylic acids is 1. The zero-order chi connectivity index (χ0) is 16.8. The van der Waals surface area contributed by atoms with E-state index in [4.69, 9.17) is 9.84 Å². The number of nitrogens with zero attached hydrogens (tertiary/aromatic N) is 1. The van der Waals surface area contributed by atoms with E-state index in [-0.39, 0.29) is 12.6 Å². The van der Waals surface area contributed by atoms with Crippen molar-refractivity contribution in [3.63, 3.8) is 0 Å². The maximum absolute atomic E-state index is 12.3. The molecule has 1 fully saturated rings. The maximum atomic E-state index is 12.3. The molecular weight excluding hydrogens is 296 g/mol. The summed E-state index contributed by atoms with van der Waals surface area (Å²) in [6.07, 6.45) is 1.35. The highest BCUT2D eigenvalue weighted by Crippen LogP contribution is 2.21. The molecule has 23 heavy (non-hydrogen) atoms. The Morgan fingerprint density at radius 2 is 2.22 bits per heavy atom. The van der Waals surface area contributed by atoms with Crippen LogP contribution in [0.15, 0.2) is 18.2 Å². The summed E-state index contributed by atoms with van der Waals surface area (Å²) in [7, 11) is 0. The van der Waals surface area contributed by atoms with Gasteiger partial charge < -0.3 is 20.1 Å². The van der Waals surface area contributed by atoms with Crippen molar-refractivity contribution in [2.45, 2.75) is 33.2 Å². The molecule has 126 valence electrons. The van der Waals surface area contributed by atoms with E-state index >= 15 is 0 Å². The first kappa shape index (κ1) is 17.1. The number of carboxylic acids is 1. The van der Waals surface area contributed by atoms with Crippen LogP contribution in [0.5, 0.6) is 5.75 Å². The Morgan fingerprint density at radius 1 is 1.43 bits per heavy atom. The molecule has 0 aliphatic carbocycles. The van der Waals surface area contributed by atoms with Crippen molar-refractivity contribution < 1.29 is 19.4 Å². The summed E-state index contributed by atoms with van der Waals surface area (Å²) in [6.45, 7) is 5.71. The number of benzene rings is 1. The van der Waals surface area contributed by atoms with Gasteiger partial charge >= 0.3 is 12.0 Å². The predicted octanol–water partition coefficient (Wildman–Crippen LogP) is 2.40. The lowest BCUT2D eigenvalue weighted by Crippen LogP contribution is -2.46. The number of carboxylic acid groups (broad SMARTS) is 1. The summed E-state index contributed by atoms with van der Waals surface area (Å²) in [4.78, 5) is 24.9. The quantitative estimate of drug-likeness (QED) is 0.873. The molecule has 0 spiro atoms. The van der Waals surface area contributed by atoms with Crippen LogP contribution in [0.3, 0.4) is 0 Å². The first-order valence-corrected chi connectivity index (χ1v) is 7.99. The summed E-state index contributed by atoms with van der Waals surface area (Å²) < 4.78 is 5.60. The van der Waals surface area contributed by atoms with Gasteiger partial charge in [-0.1, -0.05) is 12.1 Å². The number of carbonyl (C=O) groups excluding carboxylic acids is 1. The zero-order valence-corrected chi connectivity index (χ0v) is 13.7. The van der Waals surface area contributed by atoms with Crippen molar-refractivity contribution in [3.8, 4) is 5.75 Å². The Labute approximate surface area is 136 Å². The summed E-state index contributed by atoms with van der Waals surface area (Å²) >= 11 is 0. The number of hydrogen-bond acceptors (Lipinski definition) is 3. The normalized spacial score (nSPS) is 17.7. The highest BCUT2D eigenvalue weighted by Gasteiger charge is 2.28. The molecule has 6 nitrogen and oxygen atoms in total. The van der Waals surface area contributed by atoms with Crippen molar-refractivity contribution in [2.75, 3.05) is 19.7 Å². The minimum absolute atomic E-state index is 0.223. The van der Waals surface area contributed by atoms with Crippen LogP contribution >= 0.6 is 0 Å². The van der Waals surface area contributed by atoms with Crippen molar-refractivity contribution in [2.24, 2.45) is 5.92 Å². The molecule has 1 saturated heterocycles. The first-order chi connectivity index (χ1) is 11.0. The predicted molar refractivity (Wildman–Crippen MR) is 86.5 cm³/mol. The van der Waals surface area contributed by atoms with Gasteiger partial charge in [-0.3, -0.25) is 4.79 Å². The Balaban J connectivity index is 1.95. The van der Waals surface area contributed by atoms with Gasteiger partial charge in [0.05, 0.1) is 12.5 Å². The fourth-order valence-electron chi connectivity index (χ4n) is 2.74. The number of nitrogens with one attached hydrogen (secondary N) is 1. The number of amides is 2. The monoisotopic (exact) mass is 320 g/mol. The molecular formula is C17H24N2O4. The number of likely N-dealkylation sites (tertiary alicyclic amines) is 1. The van der Waals surface area contributed by atoms with E-state index in [2.05, 4.69) is 5.32 Å². The molecule has 0 bridgehead atoms. The Kier molecular flexibility index (Phi) is 5.84. The van der Waals surface area contributed by atoms with Gasteiger partial charge in [0.15, 0.2) is 0 Å². The Morgan fingerprint density at radius 3 is 2.91 bits per heavy atom. The second-order valence-electron chi connectivity index (χ2n) is 5.83. The van der Waals surface area contributed by atoms with E-state index in [0.29, 0.717) is 26.1 Å². The minimum Gasteiger partial charge on any atom is -0.494 e. The van der Waals surface area contributed by atoms with Crippen LogP contribution in [0.2, 0.25) is 0 Å². The molecule has 1 heterocycles. The van der Waals surface area contributed by atoms with Gasteiger partial charge in [0.2, 0.25) is 0 Å². The van der Waals surface area contributed by atoms with Crippen LogP contribution in [0.4, 0.5) is 4.79 Å². The van der Waals surface area contributed by atoms with Crippen LogP contribution in [0.25, 0.3) is 0 Å². The lowest BCUT2D eigenvalue weighted by molar-refractivity contribution is -0.143. The molecule has 1 aromatic carbocycles. The van der Waals surface area contributed by atoms with E-state index in [1.54, 1.807) is 4.90 Å². The highest BCUT2D eigenvalue weighted by atomic mass is 16.5. The second kappa shape index (κ2) is 7.85. The van der Waals surface area contributed by atoms with Gasteiger partial charge in [-0.2, -0.15) is 0 Å². The fraction of sp³-hybridized carbons (Fsp3) is 0.529. The molecule has 2 rings (SSSR count). The third-order valence-electron chi connectivity index (χ3n) is 4.01. The standard InChI is InChI=1S/C17H24N2O4/c1-3-23-15-9-12(2)6-7-13(15)10-18-17(22)19-8-4-5-14(11-19)16(20)21/h6-7,9,14H,3-5,8,10-11H2,1-2H3,(H,18,22)(H,20,21). The van der Waals surface area contributed by atoms with Gasteiger partial charge in [-0.15, -0.1) is 0 Å². The Bertz CT molecular complexity index is 574. The molecule has 6 heteroatoms. The molecule has 1 unspecified atom stereocenters. The van der Waals surface area contributed by atoms with E-state index in [1.807, 2.05) is 32.0 Å². The van der Waals surface area contributed by atoms with E-state index in [1.165, 1.54) is 0 Å². The molecule has 2 amide bonds. The first-order valence-electron chi connectivity index (χ1n) is 7.99. The number of carbonyl (C=O) groups is 2. The third kappa shape index (κ3) is 4.61. The van der Waals surface area contributed by atoms with Crippen molar-refractivity contribution in [1.82, 2.24) is 10.2 Å². The number of hydrogen-bond donors (Lipinski definition) is 2. The topological polar surface area (TPSA) is 78.9 Å². The van der Waals surface area contributed by atoms with Gasteiger partial charge in [-0.05, 0) is 38.3 Å². The van der Waals surface area contributed by atoms with Gasteiger partial charge in [0.1, 0.15) is 5.75 Å². The molecule has 1 aliphatic heterocycles. The summed E-state index contributed by atoms with van der Waals surface area (Å²) in [5.74, 6) is -0.526. The fourth-order valence-corrected chi connectivity index (χ4v) is 2.74. The van der Waals surface area contributed by atoms with Gasteiger partial charge in [0, 0.05) is 25.2 Å². The van der Waals surface area contributed by atoms with Gasteiger partial charge in [0.25, 0.3) is 0 Å². The average molecular weight is 320 g/mol. The summed E-state index contributed by atoms with van der Waals surface area (Å²) in [5, 5.41) is 12.0. The van der Waals surface area contributed by atoms with Crippen molar-refractivity contribution in [3.05, 3.63) is 29.3 Å². The minimum atomic E-state index is -0.834. The number of ether oxygens (including phenoxy) is 1. The van der Waals surface area contributed by atoms with Crippen LogP contribution < -0.4 is 10.1 Å². The number of aryl methyl sites for hydroxylation is 1. The summed E-state index contributed by atoms with van der Waals surface area (Å²) in [6, 6.07) is 5.65. The molecule has 2 N–H and O–H groups in total. The smallest absolute Gasteiger partial charge is 0.317 e. The SMILES string of the molecule is CCOc1cc(C)ccc1CNC(=O)N1CCCC(C(=O)O)C1. The maximum Gasteiger partial charge on any atom is 0.317 e. The molecule has 0 aromatic heterocycles. The number of rotatable bonds is 5. The van der Waals surface area contributed by atoms with E-state index in [9.17, 15) is 9.59 Å².